The Bertz CT molecular complexity index is 860. The molecule has 2 atom stereocenters. The summed E-state index contributed by atoms with van der Waals surface area (Å²) in [5.74, 6) is 0.577. The van der Waals surface area contributed by atoms with Crippen LogP contribution < -0.4 is 10.1 Å². The minimum absolute atomic E-state index is 0.00987. The lowest BCUT2D eigenvalue weighted by molar-refractivity contribution is 0.101. The van der Waals surface area contributed by atoms with Crippen LogP contribution in [0.1, 0.15) is 35.8 Å². The van der Waals surface area contributed by atoms with Crippen LogP contribution in [0.5, 0.6) is 5.75 Å². The minimum atomic E-state index is -3.21. The topological polar surface area (TPSA) is 92.7 Å². The van der Waals surface area contributed by atoms with Crippen molar-refractivity contribution in [1.29, 1.82) is 0 Å². The Morgan fingerprint density at radius 2 is 1.70 bits per heavy atom. The highest BCUT2D eigenvalue weighted by molar-refractivity contribution is 7.90. The monoisotopic (exact) mass is 391 g/mol. The molecule has 27 heavy (non-hydrogen) atoms. The first-order chi connectivity index (χ1) is 12.7. The van der Waals surface area contributed by atoms with Crippen LogP contribution in [0.25, 0.3) is 0 Å². The fourth-order valence-corrected chi connectivity index (χ4v) is 3.10. The summed E-state index contributed by atoms with van der Waals surface area (Å²) in [6.45, 7) is 3.87. The molecule has 0 heterocycles. The average molecular weight is 391 g/mol. The van der Waals surface area contributed by atoms with Crippen molar-refractivity contribution >= 4 is 15.6 Å². The summed E-state index contributed by atoms with van der Waals surface area (Å²) in [7, 11) is -3.21. The molecule has 2 N–H and O–H groups in total. The number of aliphatic hydroxyl groups is 1. The molecule has 7 heteroatoms. The lowest BCUT2D eigenvalue weighted by Gasteiger charge is -2.18. The van der Waals surface area contributed by atoms with Gasteiger partial charge in [0.15, 0.2) is 15.6 Å². The SMILES string of the molecule is CC(=O)c1ccc(OC[C@H](O)CN[C@H](C)c2ccc(S(C)(=O)=O)cc2)cc1. The van der Waals surface area contributed by atoms with E-state index in [1.807, 2.05) is 6.92 Å². The van der Waals surface area contributed by atoms with Gasteiger partial charge in [0.2, 0.25) is 0 Å². The predicted molar refractivity (Wildman–Crippen MR) is 104 cm³/mol. The standard InChI is InChI=1S/C20H25NO5S/c1-14(16-6-10-20(11-7-16)27(3,24)25)21-12-18(23)13-26-19-8-4-17(5-9-19)15(2)22/h4-11,14,18,21,23H,12-13H2,1-3H3/t14-,18-/m1/s1. The van der Waals surface area contributed by atoms with Crippen LogP contribution in [-0.4, -0.2) is 44.8 Å². The van der Waals surface area contributed by atoms with Gasteiger partial charge in [-0.2, -0.15) is 0 Å². The lowest BCUT2D eigenvalue weighted by Crippen LogP contribution is -2.33. The molecule has 6 nitrogen and oxygen atoms in total. The van der Waals surface area contributed by atoms with Crippen LogP contribution in [-0.2, 0) is 9.84 Å². The summed E-state index contributed by atoms with van der Waals surface area (Å²) < 4.78 is 28.5. The van der Waals surface area contributed by atoms with Crippen LogP contribution in [0, 0.1) is 0 Å². The summed E-state index contributed by atoms with van der Waals surface area (Å²) >= 11 is 0. The number of ether oxygens (including phenoxy) is 1. The Kier molecular flexibility index (Phi) is 7.12. The number of nitrogens with one attached hydrogen (secondary N) is 1. The van der Waals surface area contributed by atoms with E-state index in [0.717, 1.165) is 5.56 Å². The number of carbonyl (C=O) groups is 1. The fraction of sp³-hybridized carbons (Fsp3) is 0.350. The molecule has 0 spiro atoms. The van der Waals surface area contributed by atoms with E-state index in [-0.39, 0.29) is 23.3 Å². The molecule has 0 aliphatic heterocycles. The number of ketones is 1. The first-order valence-corrected chi connectivity index (χ1v) is 10.5. The summed E-state index contributed by atoms with van der Waals surface area (Å²) in [5.41, 5.74) is 1.54. The van der Waals surface area contributed by atoms with Gasteiger partial charge in [-0.3, -0.25) is 4.79 Å². The van der Waals surface area contributed by atoms with Gasteiger partial charge in [-0.1, -0.05) is 12.1 Å². The van der Waals surface area contributed by atoms with Gasteiger partial charge < -0.3 is 15.2 Å². The molecule has 0 bridgehead atoms. The molecule has 0 aliphatic rings. The van der Waals surface area contributed by atoms with Crippen LogP contribution >= 0.6 is 0 Å². The molecule has 0 aromatic heterocycles. The quantitative estimate of drug-likeness (QED) is 0.638. The van der Waals surface area contributed by atoms with Crippen molar-refractivity contribution in [1.82, 2.24) is 5.32 Å². The maximum atomic E-state index is 11.5. The van der Waals surface area contributed by atoms with Gasteiger partial charge in [0, 0.05) is 24.4 Å². The molecule has 2 aromatic carbocycles. The smallest absolute Gasteiger partial charge is 0.175 e. The molecule has 0 radical (unpaired) electrons. The van der Waals surface area contributed by atoms with Crippen molar-refractivity contribution in [3.05, 3.63) is 59.7 Å². The van der Waals surface area contributed by atoms with Crippen molar-refractivity contribution in [2.75, 3.05) is 19.4 Å². The molecular formula is C20H25NO5S. The van der Waals surface area contributed by atoms with Gasteiger partial charge in [-0.25, -0.2) is 8.42 Å². The van der Waals surface area contributed by atoms with Crippen molar-refractivity contribution in [3.63, 3.8) is 0 Å². The molecule has 2 rings (SSSR count). The first-order valence-electron chi connectivity index (χ1n) is 8.62. The molecule has 0 saturated carbocycles. The second-order valence-corrected chi connectivity index (χ2v) is 8.53. The van der Waals surface area contributed by atoms with Crippen molar-refractivity contribution in [2.24, 2.45) is 0 Å². The second-order valence-electron chi connectivity index (χ2n) is 6.52. The average Bonchev–Trinajstić information content (AvgIpc) is 2.64. The molecule has 0 amide bonds. The molecule has 0 fully saturated rings. The van der Waals surface area contributed by atoms with Gasteiger partial charge in [0.05, 0.1) is 4.90 Å². The third-order valence-corrected chi connectivity index (χ3v) is 5.30. The lowest BCUT2D eigenvalue weighted by atomic mass is 10.1. The van der Waals surface area contributed by atoms with E-state index in [1.54, 1.807) is 48.5 Å². The second kappa shape index (κ2) is 9.12. The third kappa shape index (κ3) is 6.46. The van der Waals surface area contributed by atoms with Crippen LogP contribution in [0.2, 0.25) is 0 Å². The van der Waals surface area contributed by atoms with Gasteiger partial charge in [0.1, 0.15) is 18.5 Å². The summed E-state index contributed by atoms with van der Waals surface area (Å²) in [4.78, 5) is 11.5. The zero-order valence-corrected chi connectivity index (χ0v) is 16.5. The number of sulfone groups is 1. The van der Waals surface area contributed by atoms with E-state index in [0.29, 0.717) is 17.9 Å². The Labute approximate surface area is 160 Å². The normalized spacial score (nSPS) is 13.8. The Morgan fingerprint density at radius 3 is 2.22 bits per heavy atom. The fourth-order valence-electron chi connectivity index (χ4n) is 2.47. The first kappa shape index (κ1) is 21.1. The summed E-state index contributed by atoms with van der Waals surface area (Å²) in [6, 6.07) is 13.4. The predicted octanol–water partition coefficient (Wildman–Crippen LogP) is 2.38. The molecule has 0 unspecified atom stereocenters. The van der Waals surface area contributed by atoms with Crippen molar-refractivity contribution in [2.45, 2.75) is 30.9 Å². The van der Waals surface area contributed by atoms with E-state index in [2.05, 4.69) is 5.32 Å². The van der Waals surface area contributed by atoms with Gasteiger partial charge in [0.25, 0.3) is 0 Å². The number of hydrogen-bond acceptors (Lipinski definition) is 6. The maximum Gasteiger partial charge on any atom is 0.175 e. The van der Waals surface area contributed by atoms with Crippen molar-refractivity contribution < 1.29 is 23.1 Å². The maximum absolute atomic E-state index is 11.5. The number of Topliss-reactive ketones (excluding diaryl/α,β-unsaturated/α-hetero) is 1. The molecule has 2 aromatic rings. The largest absolute Gasteiger partial charge is 0.491 e. The van der Waals surface area contributed by atoms with E-state index in [4.69, 9.17) is 4.74 Å². The molecule has 0 saturated heterocycles. The van der Waals surface area contributed by atoms with Crippen LogP contribution in [0.15, 0.2) is 53.4 Å². The van der Waals surface area contributed by atoms with Crippen molar-refractivity contribution in [3.8, 4) is 5.75 Å². The van der Waals surface area contributed by atoms with E-state index >= 15 is 0 Å². The number of rotatable bonds is 9. The van der Waals surface area contributed by atoms with Gasteiger partial charge in [-0.15, -0.1) is 0 Å². The highest BCUT2D eigenvalue weighted by atomic mass is 32.2. The summed E-state index contributed by atoms with van der Waals surface area (Å²) in [6.07, 6.45) is 0.462. The Balaban J connectivity index is 1.80. The highest BCUT2D eigenvalue weighted by Crippen LogP contribution is 2.16. The Morgan fingerprint density at radius 1 is 1.11 bits per heavy atom. The summed E-state index contributed by atoms with van der Waals surface area (Å²) in [5, 5.41) is 13.3. The van der Waals surface area contributed by atoms with Gasteiger partial charge in [-0.05, 0) is 55.8 Å². The van der Waals surface area contributed by atoms with E-state index in [1.165, 1.54) is 13.2 Å². The van der Waals surface area contributed by atoms with E-state index in [9.17, 15) is 18.3 Å². The third-order valence-electron chi connectivity index (χ3n) is 4.17. The zero-order chi connectivity index (χ0) is 20.0. The van der Waals surface area contributed by atoms with Crippen LogP contribution in [0.3, 0.4) is 0 Å². The Hall–Kier alpha value is -2.22. The molecule has 146 valence electrons. The number of hydrogen-bond donors (Lipinski definition) is 2. The van der Waals surface area contributed by atoms with Gasteiger partial charge >= 0.3 is 0 Å². The number of carbonyl (C=O) groups excluding carboxylic acids is 1. The van der Waals surface area contributed by atoms with E-state index < -0.39 is 15.9 Å². The molecule has 0 aliphatic carbocycles. The minimum Gasteiger partial charge on any atom is -0.491 e. The highest BCUT2D eigenvalue weighted by Gasteiger charge is 2.12. The zero-order valence-electron chi connectivity index (χ0n) is 15.7. The number of aliphatic hydroxyl groups excluding tert-OH is 1. The van der Waals surface area contributed by atoms with Crippen LogP contribution in [0.4, 0.5) is 0 Å². The number of benzene rings is 2. The molecular weight excluding hydrogens is 366 g/mol.